The average Bonchev–Trinajstić information content (AvgIpc) is 2.24. The molecule has 0 saturated carbocycles. The van der Waals surface area contributed by atoms with Gasteiger partial charge in [-0.05, 0) is 18.2 Å². The van der Waals surface area contributed by atoms with Crippen LogP contribution in [-0.4, -0.2) is 11.7 Å². The van der Waals surface area contributed by atoms with Crippen molar-refractivity contribution < 1.29 is 9.59 Å². The predicted octanol–water partition coefficient (Wildman–Crippen LogP) is 1.05. The molecule has 0 spiro atoms. The van der Waals surface area contributed by atoms with Crippen LogP contribution in [0.25, 0.3) is 0 Å². The third-order valence-electron chi connectivity index (χ3n) is 2.25. The summed E-state index contributed by atoms with van der Waals surface area (Å²) < 4.78 is 0. The molecule has 4 nitrogen and oxygen atoms in total. The molecule has 0 radical (unpaired) electrons. The first-order chi connectivity index (χ1) is 7.18. The van der Waals surface area contributed by atoms with Crippen LogP contribution in [0.3, 0.4) is 0 Å². The highest BCUT2D eigenvalue weighted by molar-refractivity contribution is 6.11. The van der Waals surface area contributed by atoms with Crippen molar-refractivity contribution in [2.75, 3.05) is 5.32 Å². The third kappa shape index (κ3) is 1.74. The first kappa shape index (κ1) is 9.45. The number of hydrogen-bond donors (Lipinski definition) is 2. The quantitative estimate of drug-likeness (QED) is 0.660. The van der Waals surface area contributed by atoms with E-state index < -0.39 is 0 Å². The number of ketones is 1. The number of nitrogens with two attached hydrogens (primary N) is 1. The molecule has 0 fully saturated rings. The van der Waals surface area contributed by atoms with E-state index in [1.54, 1.807) is 24.3 Å². The summed E-state index contributed by atoms with van der Waals surface area (Å²) in [5.41, 5.74) is 6.59. The summed E-state index contributed by atoms with van der Waals surface area (Å²) in [7, 11) is 0. The van der Waals surface area contributed by atoms with E-state index in [-0.39, 0.29) is 23.8 Å². The molecule has 76 valence electrons. The van der Waals surface area contributed by atoms with Crippen LogP contribution in [0.15, 0.2) is 36.0 Å². The highest BCUT2D eigenvalue weighted by Crippen LogP contribution is 2.19. The standard InChI is InChI=1S/C11H10N2O2/c12-8-5-6-10(14)7-3-1-2-4-9(7)13-11(8)15/h1-5H,6,12H2,(H,13,15)/b8-5+. The summed E-state index contributed by atoms with van der Waals surface area (Å²) in [6.07, 6.45) is 1.60. The molecule has 15 heavy (non-hydrogen) atoms. The first-order valence-electron chi connectivity index (χ1n) is 4.57. The Kier molecular flexibility index (Phi) is 2.25. The van der Waals surface area contributed by atoms with Crippen LogP contribution < -0.4 is 11.1 Å². The van der Waals surface area contributed by atoms with E-state index >= 15 is 0 Å². The molecule has 0 bridgehead atoms. The van der Waals surface area contributed by atoms with E-state index in [0.717, 1.165) is 0 Å². The van der Waals surface area contributed by atoms with Gasteiger partial charge in [-0.2, -0.15) is 0 Å². The maximum Gasteiger partial charge on any atom is 0.271 e. The Morgan fingerprint density at radius 3 is 2.73 bits per heavy atom. The lowest BCUT2D eigenvalue weighted by atomic mass is 10.0. The summed E-state index contributed by atoms with van der Waals surface area (Å²) in [5.74, 6) is -0.413. The van der Waals surface area contributed by atoms with Crippen LogP contribution >= 0.6 is 0 Å². The Bertz CT molecular complexity index is 463. The average molecular weight is 202 g/mol. The zero-order valence-corrected chi connectivity index (χ0v) is 7.99. The van der Waals surface area contributed by atoms with Gasteiger partial charge in [-0.1, -0.05) is 12.1 Å². The number of carbonyl (C=O) groups excluding carboxylic acids is 2. The van der Waals surface area contributed by atoms with Gasteiger partial charge in [0.15, 0.2) is 5.78 Å². The molecule has 0 aliphatic carbocycles. The van der Waals surface area contributed by atoms with E-state index in [1.807, 2.05) is 0 Å². The van der Waals surface area contributed by atoms with Gasteiger partial charge in [0, 0.05) is 12.0 Å². The van der Waals surface area contributed by atoms with Crippen LogP contribution in [0.2, 0.25) is 0 Å². The maximum absolute atomic E-state index is 11.7. The largest absolute Gasteiger partial charge is 0.395 e. The molecule has 1 aromatic rings. The van der Waals surface area contributed by atoms with Crippen molar-refractivity contribution in [2.45, 2.75) is 6.42 Å². The first-order valence-corrected chi connectivity index (χ1v) is 4.57. The lowest BCUT2D eigenvalue weighted by Crippen LogP contribution is -2.23. The van der Waals surface area contributed by atoms with Crippen LogP contribution in [0, 0.1) is 0 Å². The van der Waals surface area contributed by atoms with Gasteiger partial charge >= 0.3 is 0 Å². The number of amides is 1. The highest BCUT2D eigenvalue weighted by atomic mass is 16.2. The van der Waals surface area contributed by atoms with E-state index in [0.29, 0.717) is 11.3 Å². The van der Waals surface area contributed by atoms with E-state index in [4.69, 9.17) is 5.73 Å². The molecule has 1 heterocycles. The fourth-order valence-electron chi connectivity index (χ4n) is 1.44. The van der Waals surface area contributed by atoms with Gasteiger partial charge in [0.25, 0.3) is 5.91 Å². The number of Topliss-reactive ketones (excluding diaryl/α,β-unsaturated/α-hetero) is 1. The van der Waals surface area contributed by atoms with Crippen molar-refractivity contribution in [3.8, 4) is 0 Å². The van der Waals surface area contributed by atoms with Crippen molar-refractivity contribution in [3.05, 3.63) is 41.6 Å². The molecule has 0 atom stereocenters. The molecular weight excluding hydrogens is 192 g/mol. The lowest BCUT2D eigenvalue weighted by Gasteiger charge is -2.12. The number of hydrogen-bond acceptors (Lipinski definition) is 3. The number of fused-ring (bicyclic) bond motifs is 1. The molecule has 3 N–H and O–H groups in total. The minimum Gasteiger partial charge on any atom is -0.395 e. The zero-order valence-electron chi connectivity index (χ0n) is 7.99. The Hall–Kier alpha value is -2.10. The van der Waals surface area contributed by atoms with Gasteiger partial charge in [0.2, 0.25) is 0 Å². The SMILES string of the molecule is N/C1=C/CC(=O)c2ccccc2NC1=O. The Labute approximate surface area is 86.8 Å². The van der Waals surface area contributed by atoms with Crippen molar-refractivity contribution in [3.63, 3.8) is 0 Å². The summed E-state index contributed by atoms with van der Waals surface area (Å²) in [6.45, 7) is 0. The fraction of sp³-hybridized carbons (Fsp3) is 0.0909. The summed E-state index contributed by atoms with van der Waals surface area (Å²) in [6, 6.07) is 6.89. The molecule has 2 rings (SSSR count). The smallest absolute Gasteiger partial charge is 0.271 e. The number of benzene rings is 1. The van der Waals surface area contributed by atoms with Crippen molar-refractivity contribution in [1.82, 2.24) is 0 Å². The van der Waals surface area contributed by atoms with Crippen LogP contribution in [-0.2, 0) is 4.79 Å². The fourth-order valence-corrected chi connectivity index (χ4v) is 1.44. The van der Waals surface area contributed by atoms with Crippen molar-refractivity contribution in [2.24, 2.45) is 5.73 Å². The summed E-state index contributed by atoms with van der Waals surface area (Å²) in [4.78, 5) is 23.1. The van der Waals surface area contributed by atoms with Gasteiger partial charge in [-0.15, -0.1) is 0 Å². The Morgan fingerprint density at radius 1 is 1.20 bits per heavy atom. The maximum atomic E-state index is 11.7. The van der Waals surface area contributed by atoms with Gasteiger partial charge < -0.3 is 11.1 Å². The number of allylic oxidation sites excluding steroid dienone is 1. The molecule has 1 aliphatic heterocycles. The van der Waals surface area contributed by atoms with Crippen LogP contribution in [0.1, 0.15) is 16.8 Å². The van der Waals surface area contributed by atoms with Crippen molar-refractivity contribution in [1.29, 1.82) is 0 Å². The number of anilines is 1. The Balaban J connectivity index is 2.48. The zero-order chi connectivity index (χ0) is 10.8. The monoisotopic (exact) mass is 202 g/mol. The minimum absolute atomic E-state index is 0.0476. The number of para-hydroxylation sites is 1. The molecule has 0 unspecified atom stereocenters. The second kappa shape index (κ2) is 3.57. The van der Waals surface area contributed by atoms with Crippen LogP contribution in [0.4, 0.5) is 5.69 Å². The van der Waals surface area contributed by atoms with Crippen molar-refractivity contribution >= 4 is 17.4 Å². The predicted molar refractivity (Wildman–Crippen MR) is 56.3 cm³/mol. The highest BCUT2D eigenvalue weighted by Gasteiger charge is 2.16. The normalized spacial score (nSPS) is 19.3. The molecule has 4 heteroatoms. The van der Waals surface area contributed by atoms with Gasteiger partial charge in [0.05, 0.1) is 11.4 Å². The van der Waals surface area contributed by atoms with Crippen LogP contribution in [0.5, 0.6) is 0 Å². The summed E-state index contributed by atoms with van der Waals surface area (Å²) in [5, 5.41) is 2.59. The number of carbonyl (C=O) groups is 2. The Morgan fingerprint density at radius 2 is 1.93 bits per heavy atom. The molecule has 1 aliphatic rings. The topological polar surface area (TPSA) is 72.2 Å². The minimum atomic E-state index is -0.366. The number of nitrogens with one attached hydrogen (secondary N) is 1. The number of rotatable bonds is 0. The summed E-state index contributed by atoms with van der Waals surface area (Å²) >= 11 is 0. The molecule has 1 amide bonds. The lowest BCUT2D eigenvalue weighted by molar-refractivity contribution is -0.112. The van der Waals surface area contributed by atoms with E-state index in [2.05, 4.69) is 5.32 Å². The molecular formula is C11H10N2O2. The van der Waals surface area contributed by atoms with Gasteiger partial charge in [-0.25, -0.2) is 0 Å². The second-order valence-electron chi connectivity index (χ2n) is 3.29. The molecule has 0 saturated heterocycles. The second-order valence-corrected chi connectivity index (χ2v) is 3.29. The van der Waals surface area contributed by atoms with Gasteiger partial charge in [0.1, 0.15) is 0 Å². The van der Waals surface area contributed by atoms with E-state index in [1.165, 1.54) is 6.08 Å². The third-order valence-corrected chi connectivity index (χ3v) is 2.25. The molecule has 0 aromatic heterocycles. The molecule has 1 aromatic carbocycles. The van der Waals surface area contributed by atoms with Gasteiger partial charge in [-0.3, -0.25) is 9.59 Å². The van der Waals surface area contributed by atoms with E-state index in [9.17, 15) is 9.59 Å².